The van der Waals surface area contributed by atoms with Crippen molar-refractivity contribution in [2.75, 3.05) is 10.5 Å². The number of carbonyl (C=O) groups excluding carboxylic acids is 1. The highest BCUT2D eigenvalue weighted by atomic mass is 35.5. The summed E-state index contributed by atoms with van der Waals surface area (Å²) in [6.45, 7) is 4.99. The molecule has 0 aliphatic rings. The van der Waals surface area contributed by atoms with Crippen molar-refractivity contribution in [3.63, 3.8) is 0 Å². The van der Waals surface area contributed by atoms with Gasteiger partial charge in [0, 0.05) is 24.7 Å². The number of rotatable bonds is 8. The first-order chi connectivity index (χ1) is 13.0. The minimum Gasteiger partial charge on any atom is -0.454 e. The number of hydrogen-bond donors (Lipinski definition) is 2. The van der Waals surface area contributed by atoms with Crippen molar-refractivity contribution in [3.8, 4) is 0 Å². The van der Waals surface area contributed by atoms with Crippen molar-refractivity contribution < 1.29 is 17.9 Å². The maximum atomic E-state index is 12.3. The molecule has 2 aromatic rings. The topological polar surface area (TPSA) is 111 Å². The Morgan fingerprint density at radius 3 is 2.79 bits per heavy atom. The fraction of sp³-hybridized carbons (Fsp3) is 0.333. The Kier molecular flexibility index (Phi) is 7.22. The van der Waals surface area contributed by atoms with E-state index >= 15 is 0 Å². The summed E-state index contributed by atoms with van der Waals surface area (Å²) < 4.78 is 32.3. The minimum absolute atomic E-state index is 0.203. The van der Waals surface area contributed by atoms with Gasteiger partial charge in [0.15, 0.2) is 5.13 Å². The largest absolute Gasteiger partial charge is 0.454 e. The SMILES string of the molecule is CC(=O)OC(C)(C)c1cnc(NS(=O)(=O)CC=Cc2cccc(Cl)c2CN)s1. The van der Waals surface area contributed by atoms with Crippen LogP contribution in [0.5, 0.6) is 0 Å². The molecule has 0 unspecified atom stereocenters. The van der Waals surface area contributed by atoms with Gasteiger partial charge in [0.05, 0.1) is 10.6 Å². The Labute approximate surface area is 173 Å². The molecule has 0 radical (unpaired) electrons. The van der Waals surface area contributed by atoms with Crippen molar-refractivity contribution in [1.82, 2.24) is 4.98 Å². The number of nitrogens with zero attached hydrogens (tertiary/aromatic N) is 1. The number of benzene rings is 1. The van der Waals surface area contributed by atoms with Gasteiger partial charge in [0.2, 0.25) is 10.0 Å². The summed E-state index contributed by atoms with van der Waals surface area (Å²) >= 11 is 7.20. The summed E-state index contributed by atoms with van der Waals surface area (Å²) in [7, 11) is -3.65. The Bertz CT molecular complexity index is 984. The zero-order valence-corrected chi connectivity index (χ0v) is 18.1. The fourth-order valence-electron chi connectivity index (χ4n) is 2.43. The van der Waals surface area contributed by atoms with E-state index in [9.17, 15) is 13.2 Å². The van der Waals surface area contributed by atoms with Crippen LogP contribution in [0.1, 0.15) is 36.8 Å². The van der Waals surface area contributed by atoms with E-state index in [1.54, 1.807) is 32.1 Å². The Balaban J connectivity index is 2.07. The van der Waals surface area contributed by atoms with Crippen LogP contribution in [0.15, 0.2) is 30.5 Å². The molecule has 0 aliphatic carbocycles. The van der Waals surface area contributed by atoms with E-state index < -0.39 is 21.6 Å². The van der Waals surface area contributed by atoms with Crippen LogP contribution in [0.3, 0.4) is 0 Å². The molecule has 0 saturated carbocycles. The highest BCUT2D eigenvalue weighted by Gasteiger charge is 2.27. The highest BCUT2D eigenvalue weighted by molar-refractivity contribution is 7.93. The van der Waals surface area contributed by atoms with E-state index in [0.717, 1.165) is 22.5 Å². The number of thiazole rings is 1. The molecule has 1 aromatic carbocycles. The lowest BCUT2D eigenvalue weighted by molar-refractivity contribution is -0.154. The van der Waals surface area contributed by atoms with Gasteiger partial charge in [-0.15, -0.1) is 0 Å². The molecular formula is C18H22ClN3O4S2. The number of sulfonamides is 1. The molecule has 28 heavy (non-hydrogen) atoms. The standard InChI is InChI=1S/C18H22ClN3O4S2/c1-12(23)26-18(2,3)16-11-21-17(27-16)22-28(24,25)9-5-7-13-6-4-8-15(19)14(13)10-20/h4-8,11H,9-10,20H2,1-3H3,(H,21,22). The third-order valence-corrected chi connectivity index (χ3v) is 6.55. The predicted octanol–water partition coefficient (Wildman–Crippen LogP) is 3.51. The van der Waals surface area contributed by atoms with Crippen molar-refractivity contribution in [3.05, 3.63) is 51.5 Å². The first-order valence-electron chi connectivity index (χ1n) is 8.34. The van der Waals surface area contributed by atoms with Crippen LogP contribution in [-0.2, 0) is 31.7 Å². The smallest absolute Gasteiger partial charge is 0.303 e. The van der Waals surface area contributed by atoms with Crippen LogP contribution in [0.2, 0.25) is 5.02 Å². The van der Waals surface area contributed by atoms with Gasteiger partial charge in [-0.1, -0.05) is 47.2 Å². The van der Waals surface area contributed by atoms with Crippen LogP contribution in [-0.4, -0.2) is 25.1 Å². The molecule has 0 aliphatic heterocycles. The molecule has 7 nitrogen and oxygen atoms in total. The Morgan fingerprint density at radius 1 is 1.43 bits per heavy atom. The first kappa shape index (κ1) is 22.4. The van der Waals surface area contributed by atoms with E-state index in [0.29, 0.717) is 9.90 Å². The van der Waals surface area contributed by atoms with E-state index in [1.807, 2.05) is 6.07 Å². The van der Waals surface area contributed by atoms with Gasteiger partial charge in [-0.2, -0.15) is 0 Å². The van der Waals surface area contributed by atoms with E-state index in [1.165, 1.54) is 19.2 Å². The highest BCUT2D eigenvalue weighted by Crippen LogP contribution is 2.32. The van der Waals surface area contributed by atoms with Crippen LogP contribution >= 0.6 is 22.9 Å². The lowest BCUT2D eigenvalue weighted by atomic mass is 10.1. The number of anilines is 1. The summed E-state index contributed by atoms with van der Waals surface area (Å²) in [5, 5.41) is 0.741. The van der Waals surface area contributed by atoms with Gasteiger partial charge in [0.1, 0.15) is 5.60 Å². The molecule has 0 atom stereocenters. The molecule has 2 rings (SSSR count). The van der Waals surface area contributed by atoms with Gasteiger partial charge >= 0.3 is 5.97 Å². The Morgan fingerprint density at radius 2 is 2.14 bits per heavy atom. The third-order valence-electron chi connectivity index (χ3n) is 3.71. The zero-order chi connectivity index (χ0) is 20.9. The molecule has 1 heterocycles. The second-order valence-electron chi connectivity index (χ2n) is 6.43. The van der Waals surface area contributed by atoms with Crippen molar-refractivity contribution in [2.45, 2.75) is 32.9 Å². The molecular weight excluding hydrogens is 422 g/mol. The van der Waals surface area contributed by atoms with Crippen LogP contribution in [0.4, 0.5) is 5.13 Å². The number of nitrogens with one attached hydrogen (secondary N) is 1. The second-order valence-corrected chi connectivity index (χ2v) is 9.64. The molecule has 0 spiro atoms. The summed E-state index contributed by atoms with van der Waals surface area (Å²) in [5.41, 5.74) is 6.32. The van der Waals surface area contributed by atoms with E-state index in [4.69, 9.17) is 22.1 Å². The van der Waals surface area contributed by atoms with E-state index in [2.05, 4.69) is 9.71 Å². The van der Waals surface area contributed by atoms with Gasteiger partial charge < -0.3 is 10.5 Å². The Hall–Kier alpha value is -1.94. The van der Waals surface area contributed by atoms with Gasteiger partial charge in [0.25, 0.3) is 0 Å². The molecule has 0 fully saturated rings. The molecule has 0 amide bonds. The van der Waals surface area contributed by atoms with Gasteiger partial charge in [-0.3, -0.25) is 9.52 Å². The predicted molar refractivity (Wildman–Crippen MR) is 113 cm³/mol. The minimum atomic E-state index is -3.65. The van der Waals surface area contributed by atoms with Crippen molar-refractivity contribution >= 4 is 50.1 Å². The normalized spacial score (nSPS) is 12.3. The number of aromatic nitrogens is 1. The average Bonchev–Trinajstić information content (AvgIpc) is 3.02. The van der Waals surface area contributed by atoms with Crippen LogP contribution in [0, 0.1) is 0 Å². The third kappa shape index (κ3) is 6.03. The molecule has 0 saturated heterocycles. The zero-order valence-electron chi connectivity index (χ0n) is 15.7. The quantitative estimate of drug-likeness (QED) is 0.604. The van der Waals surface area contributed by atoms with Crippen LogP contribution in [0.25, 0.3) is 6.08 Å². The number of carbonyl (C=O) groups is 1. The maximum absolute atomic E-state index is 12.3. The lowest BCUT2D eigenvalue weighted by Crippen LogP contribution is -2.22. The number of nitrogens with two attached hydrogens (primary N) is 1. The fourth-order valence-corrected chi connectivity index (χ4v) is 4.70. The number of esters is 1. The number of hydrogen-bond acceptors (Lipinski definition) is 7. The number of halogens is 1. The lowest BCUT2D eigenvalue weighted by Gasteiger charge is -2.22. The summed E-state index contributed by atoms with van der Waals surface area (Å²) in [6, 6.07) is 5.32. The maximum Gasteiger partial charge on any atom is 0.303 e. The molecule has 10 heteroatoms. The summed E-state index contributed by atoms with van der Waals surface area (Å²) in [5.74, 6) is -0.672. The van der Waals surface area contributed by atoms with Gasteiger partial charge in [-0.05, 0) is 31.0 Å². The first-order valence-corrected chi connectivity index (χ1v) is 11.2. The van der Waals surface area contributed by atoms with Gasteiger partial charge in [-0.25, -0.2) is 13.4 Å². The van der Waals surface area contributed by atoms with E-state index in [-0.39, 0.29) is 17.4 Å². The average molecular weight is 444 g/mol. The number of ether oxygens (including phenoxy) is 1. The summed E-state index contributed by atoms with van der Waals surface area (Å²) in [6.07, 6.45) is 4.68. The van der Waals surface area contributed by atoms with Crippen molar-refractivity contribution in [2.24, 2.45) is 5.73 Å². The molecule has 1 aromatic heterocycles. The summed E-state index contributed by atoms with van der Waals surface area (Å²) in [4.78, 5) is 15.9. The molecule has 0 bridgehead atoms. The molecule has 3 N–H and O–H groups in total. The second kappa shape index (κ2) is 9.04. The molecule has 152 valence electrons. The van der Waals surface area contributed by atoms with Crippen molar-refractivity contribution in [1.29, 1.82) is 0 Å². The van der Waals surface area contributed by atoms with Crippen LogP contribution < -0.4 is 10.5 Å². The monoisotopic (exact) mass is 443 g/mol.